The van der Waals surface area contributed by atoms with Crippen molar-refractivity contribution >= 4 is 24.3 Å². The summed E-state index contributed by atoms with van der Waals surface area (Å²) in [6.07, 6.45) is 4.63. The largest absolute Gasteiger partial charge is 0.354 e. The van der Waals surface area contributed by atoms with Gasteiger partial charge in [0.2, 0.25) is 0 Å². The Kier molecular flexibility index (Phi) is 8.63. The van der Waals surface area contributed by atoms with Gasteiger partial charge in [-0.25, -0.2) is 9.59 Å². The van der Waals surface area contributed by atoms with Crippen LogP contribution in [0.15, 0.2) is 41.3 Å². The van der Waals surface area contributed by atoms with Gasteiger partial charge in [-0.05, 0) is 62.7 Å². The number of halogens is 1. The first-order valence-corrected chi connectivity index (χ1v) is 11.0. The highest BCUT2D eigenvalue weighted by atomic mass is 35.5. The molecule has 4 N–H and O–H groups in total. The lowest BCUT2D eigenvalue weighted by molar-refractivity contribution is 0.205. The van der Waals surface area contributed by atoms with Gasteiger partial charge in [0.1, 0.15) is 5.82 Å². The molecule has 10 heteroatoms. The molecule has 2 amide bonds. The first-order valence-electron chi connectivity index (χ1n) is 11.0. The van der Waals surface area contributed by atoms with Gasteiger partial charge in [0, 0.05) is 38.4 Å². The number of carbonyl (C=O) groups is 1. The molecule has 1 aromatic heterocycles. The Hall–Kier alpha value is -2.46. The Labute approximate surface area is 194 Å². The van der Waals surface area contributed by atoms with E-state index in [2.05, 4.69) is 20.5 Å². The minimum Gasteiger partial charge on any atom is -0.328 e. The number of urea groups is 1. The Morgan fingerprint density at radius 1 is 1.09 bits per heavy atom. The average Bonchev–Trinajstić information content (AvgIpc) is 3.06. The van der Waals surface area contributed by atoms with E-state index in [0.717, 1.165) is 57.7 Å². The van der Waals surface area contributed by atoms with Crippen LogP contribution in [0.5, 0.6) is 0 Å². The molecule has 2 aromatic rings. The summed E-state index contributed by atoms with van der Waals surface area (Å²) in [5.41, 5.74) is 7.51. The van der Waals surface area contributed by atoms with E-state index in [1.165, 1.54) is 10.1 Å². The third kappa shape index (κ3) is 6.29. The molecule has 0 saturated carbocycles. The van der Waals surface area contributed by atoms with Crippen LogP contribution < -0.4 is 22.1 Å². The smallest absolute Gasteiger partial charge is 0.328 e. The fourth-order valence-electron chi connectivity index (χ4n) is 4.04. The van der Waals surface area contributed by atoms with Gasteiger partial charge in [-0.15, -0.1) is 12.4 Å². The molecule has 1 aromatic carbocycles. The van der Waals surface area contributed by atoms with Crippen molar-refractivity contribution in [1.29, 1.82) is 0 Å². The second-order valence-electron chi connectivity index (χ2n) is 8.27. The van der Waals surface area contributed by atoms with Crippen LogP contribution in [0.25, 0.3) is 5.69 Å². The van der Waals surface area contributed by atoms with Crippen LogP contribution in [-0.4, -0.2) is 70.7 Å². The quantitative estimate of drug-likeness (QED) is 0.635. The molecule has 2 aliphatic heterocycles. The number of aromatic nitrogens is 2. The highest BCUT2D eigenvalue weighted by Gasteiger charge is 2.17. The Morgan fingerprint density at radius 3 is 2.56 bits per heavy atom. The molecule has 0 unspecified atom stereocenters. The predicted molar refractivity (Wildman–Crippen MR) is 128 cm³/mol. The number of piperidine rings is 1. The Bertz CT molecular complexity index is 934. The van der Waals surface area contributed by atoms with Crippen molar-refractivity contribution in [3.8, 4) is 5.69 Å². The van der Waals surface area contributed by atoms with Crippen molar-refractivity contribution in [3.05, 3.63) is 52.6 Å². The molecule has 3 heterocycles. The molecule has 4 rings (SSSR count). The molecule has 0 bridgehead atoms. The molecule has 2 saturated heterocycles. The summed E-state index contributed by atoms with van der Waals surface area (Å²) >= 11 is 0. The number of hydrogen-bond acceptors (Lipinski definition) is 6. The van der Waals surface area contributed by atoms with Crippen LogP contribution in [0.3, 0.4) is 0 Å². The molecule has 0 radical (unpaired) electrons. The van der Waals surface area contributed by atoms with Gasteiger partial charge < -0.3 is 16.0 Å². The van der Waals surface area contributed by atoms with Gasteiger partial charge in [0.05, 0.1) is 5.69 Å². The van der Waals surface area contributed by atoms with E-state index in [-0.39, 0.29) is 24.3 Å². The minimum absolute atomic E-state index is 0. The molecule has 2 aliphatic rings. The Morgan fingerprint density at radius 2 is 1.84 bits per heavy atom. The van der Waals surface area contributed by atoms with Crippen LogP contribution in [0.4, 0.5) is 10.6 Å². The summed E-state index contributed by atoms with van der Waals surface area (Å²) < 4.78 is 1.48. The highest BCUT2D eigenvalue weighted by molar-refractivity contribution is 5.88. The number of amides is 2. The summed E-state index contributed by atoms with van der Waals surface area (Å²) in [4.78, 5) is 33.2. The fraction of sp³-hybridized carbons (Fsp3) is 0.500. The van der Waals surface area contributed by atoms with E-state index in [1.54, 1.807) is 17.2 Å². The zero-order chi connectivity index (χ0) is 21.6. The van der Waals surface area contributed by atoms with E-state index >= 15 is 0 Å². The first kappa shape index (κ1) is 24.2. The van der Waals surface area contributed by atoms with Crippen molar-refractivity contribution in [2.75, 3.05) is 44.6 Å². The van der Waals surface area contributed by atoms with E-state index in [4.69, 9.17) is 5.73 Å². The van der Waals surface area contributed by atoms with Crippen molar-refractivity contribution < 1.29 is 4.79 Å². The van der Waals surface area contributed by atoms with E-state index in [1.807, 2.05) is 24.3 Å². The van der Waals surface area contributed by atoms with Crippen LogP contribution >= 0.6 is 12.4 Å². The number of carbonyl (C=O) groups excluding carboxylic acids is 1. The molecular formula is C22H32ClN7O2. The molecular weight excluding hydrogens is 430 g/mol. The summed E-state index contributed by atoms with van der Waals surface area (Å²) in [7, 11) is 0. The van der Waals surface area contributed by atoms with Gasteiger partial charge in [-0.3, -0.25) is 14.8 Å². The maximum atomic E-state index is 12.5. The maximum Gasteiger partial charge on any atom is 0.354 e. The summed E-state index contributed by atoms with van der Waals surface area (Å²) in [6.45, 7) is 5.93. The first-order chi connectivity index (χ1) is 15.1. The number of anilines is 1. The summed E-state index contributed by atoms with van der Waals surface area (Å²) in [5.74, 6) is 0.267. The normalized spacial score (nSPS) is 18.0. The maximum absolute atomic E-state index is 12.5. The van der Waals surface area contributed by atoms with Crippen LogP contribution in [-0.2, 0) is 6.54 Å². The van der Waals surface area contributed by atoms with Crippen LogP contribution in [0, 0.1) is 0 Å². The average molecular weight is 462 g/mol. The molecule has 174 valence electrons. The number of hydrogen-bond donors (Lipinski definition) is 3. The third-order valence-corrected chi connectivity index (χ3v) is 5.92. The van der Waals surface area contributed by atoms with Crippen molar-refractivity contribution in [1.82, 2.24) is 24.7 Å². The van der Waals surface area contributed by atoms with Gasteiger partial charge >= 0.3 is 11.7 Å². The second kappa shape index (κ2) is 11.4. The number of nitrogens with zero attached hydrogens (tertiary/aromatic N) is 4. The minimum atomic E-state index is -0.423. The number of likely N-dealkylation sites (tertiary alicyclic amines) is 1. The summed E-state index contributed by atoms with van der Waals surface area (Å²) in [5, 5.41) is 6.00. The van der Waals surface area contributed by atoms with E-state index < -0.39 is 5.69 Å². The lowest BCUT2D eigenvalue weighted by Gasteiger charge is -2.30. The SMILES string of the molecule is Cl.NC1CCN(Cc2ccc(-n3ccc(NC(=O)N4CCCNCC4)nc3=O)cc2)CC1. The standard InChI is InChI=1S/C22H31N7O2.ClH/c23-18-6-12-27(13-7-18)16-17-2-4-19(5-3-17)29-14-8-20(26-22(29)31)25-21(30)28-11-1-9-24-10-15-28;/h2-5,8,14,18,24H,1,6-7,9-13,15-16,23H2,(H,25,26,30,31);1H. The number of benzene rings is 1. The molecule has 0 atom stereocenters. The van der Waals surface area contributed by atoms with Gasteiger partial charge in [0.15, 0.2) is 0 Å². The fourth-order valence-corrected chi connectivity index (χ4v) is 4.04. The zero-order valence-electron chi connectivity index (χ0n) is 18.2. The number of nitrogens with one attached hydrogen (secondary N) is 2. The second-order valence-corrected chi connectivity index (χ2v) is 8.27. The Balaban J connectivity index is 0.00000289. The van der Waals surface area contributed by atoms with Crippen LogP contribution in [0.2, 0.25) is 0 Å². The summed E-state index contributed by atoms with van der Waals surface area (Å²) in [6, 6.07) is 9.69. The third-order valence-electron chi connectivity index (χ3n) is 5.92. The van der Waals surface area contributed by atoms with Gasteiger partial charge in [-0.2, -0.15) is 4.98 Å². The highest BCUT2D eigenvalue weighted by Crippen LogP contribution is 2.15. The molecule has 0 spiro atoms. The van der Waals surface area contributed by atoms with Gasteiger partial charge in [0.25, 0.3) is 0 Å². The van der Waals surface area contributed by atoms with Crippen LogP contribution in [0.1, 0.15) is 24.8 Å². The lowest BCUT2D eigenvalue weighted by Crippen LogP contribution is -2.39. The number of rotatable bonds is 4. The topological polar surface area (TPSA) is 109 Å². The molecule has 2 fully saturated rings. The number of nitrogens with two attached hydrogens (primary N) is 1. The van der Waals surface area contributed by atoms with Crippen molar-refractivity contribution in [2.24, 2.45) is 5.73 Å². The zero-order valence-corrected chi connectivity index (χ0v) is 19.0. The van der Waals surface area contributed by atoms with E-state index in [9.17, 15) is 9.59 Å². The van der Waals surface area contributed by atoms with Crippen molar-refractivity contribution in [2.45, 2.75) is 31.8 Å². The lowest BCUT2D eigenvalue weighted by atomic mass is 10.1. The molecule has 9 nitrogen and oxygen atoms in total. The monoisotopic (exact) mass is 461 g/mol. The van der Waals surface area contributed by atoms with Crippen molar-refractivity contribution in [3.63, 3.8) is 0 Å². The predicted octanol–water partition coefficient (Wildman–Crippen LogP) is 1.40. The molecule has 0 aliphatic carbocycles. The van der Waals surface area contributed by atoms with Gasteiger partial charge in [-0.1, -0.05) is 12.1 Å². The molecule has 32 heavy (non-hydrogen) atoms. The van der Waals surface area contributed by atoms with E-state index in [0.29, 0.717) is 19.1 Å².